The predicted molar refractivity (Wildman–Crippen MR) is 50.9 cm³/mol. The van der Waals surface area contributed by atoms with Crippen molar-refractivity contribution in [2.24, 2.45) is 5.73 Å². The minimum absolute atomic E-state index is 0.443. The zero-order valence-corrected chi connectivity index (χ0v) is 8.02. The fourth-order valence-electron chi connectivity index (χ4n) is 1.13. The average molecular weight is 232 g/mol. The number of primary amides is 1. The maximum absolute atomic E-state index is 13.2. The lowest BCUT2D eigenvalue weighted by molar-refractivity contribution is -0.132. The highest BCUT2D eigenvalue weighted by atomic mass is 19.1. The maximum Gasteiger partial charge on any atom is 0.249 e. The Morgan fingerprint density at radius 1 is 1.25 bits per heavy atom. The number of aliphatic hydroxyl groups excluding tert-OH is 2. The number of benzene rings is 1. The molecule has 6 N–H and O–H groups in total. The van der Waals surface area contributed by atoms with Crippen molar-refractivity contribution in [3.8, 4) is 0 Å². The van der Waals surface area contributed by atoms with Gasteiger partial charge in [0.25, 0.3) is 0 Å². The second-order valence-corrected chi connectivity index (χ2v) is 3.19. The Hall–Kier alpha value is -1.73. The first-order valence-corrected chi connectivity index (χ1v) is 4.24. The molecule has 0 spiro atoms. The maximum atomic E-state index is 13.2. The van der Waals surface area contributed by atoms with Gasteiger partial charge in [0, 0.05) is 11.6 Å². The molecule has 0 aliphatic heterocycles. The minimum atomic E-state index is -2.02. The third-order valence-electron chi connectivity index (χ3n) is 2.03. The third-order valence-corrected chi connectivity index (χ3v) is 2.03. The fourth-order valence-corrected chi connectivity index (χ4v) is 1.13. The van der Waals surface area contributed by atoms with Crippen LogP contribution >= 0.6 is 0 Å². The Kier molecular flexibility index (Phi) is 3.41. The number of halogens is 2. The van der Waals surface area contributed by atoms with Gasteiger partial charge in [0.15, 0.2) is 6.10 Å². The van der Waals surface area contributed by atoms with Crippen LogP contribution in [0.3, 0.4) is 0 Å². The summed E-state index contributed by atoms with van der Waals surface area (Å²) in [5, 5.41) is 18.4. The Morgan fingerprint density at radius 2 is 1.81 bits per heavy atom. The first kappa shape index (κ1) is 12.3. The topological polar surface area (TPSA) is 110 Å². The fraction of sp³-hybridized carbons (Fsp3) is 0.222. The lowest BCUT2D eigenvalue weighted by Gasteiger charge is -2.16. The smallest absolute Gasteiger partial charge is 0.249 e. The largest absolute Gasteiger partial charge is 0.396 e. The number of amides is 1. The molecule has 0 bridgehead atoms. The van der Waals surface area contributed by atoms with Crippen molar-refractivity contribution in [2.75, 3.05) is 5.73 Å². The van der Waals surface area contributed by atoms with Gasteiger partial charge in [-0.3, -0.25) is 4.79 Å². The molecule has 1 aromatic rings. The van der Waals surface area contributed by atoms with Crippen LogP contribution < -0.4 is 11.5 Å². The van der Waals surface area contributed by atoms with Gasteiger partial charge in [-0.05, 0) is 6.07 Å². The second-order valence-electron chi connectivity index (χ2n) is 3.19. The van der Waals surface area contributed by atoms with Crippen LogP contribution in [0.25, 0.3) is 0 Å². The zero-order valence-electron chi connectivity index (χ0n) is 8.02. The average Bonchev–Trinajstić information content (AvgIpc) is 2.21. The monoisotopic (exact) mass is 232 g/mol. The summed E-state index contributed by atoms with van der Waals surface area (Å²) in [6.45, 7) is 0. The van der Waals surface area contributed by atoms with E-state index in [1.165, 1.54) is 0 Å². The van der Waals surface area contributed by atoms with Crippen molar-refractivity contribution >= 4 is 11.6 Å². The summed E-state index contributed by atoms with van der Waals surface area (Å²) < 4.78 is 26.2. The van der Waals surface area contributed by atoms with Crippen LogP contribution in [-0.2, 0) is 4.79 Å². The SMILES string of the molecule is NC(=O)C(O)C(O)c1cc(F)c(N)cc1F. The molecule has 88 valence electrons. The number of rotatable bonds is 3. The summed E-state index contributed by atoms with van der Waals surface area (Å²) in [4.78, 5) is 10.5. The van der Waals surface area contributed by atoms with E-state index in [1.54, 1.807) is 0 Å². The van der Waals surface area contributed by atoms with Gasteiger partial charge in [0.2, 0.25) is 5.91 Å². The van der Waals surface area contributed by atoms with E-state index in [0.29, 0.717) is 12.1 Å². The number of carbonyl (C=O) groups excluding carboxylic acids is 1. The van der Waals surface area contributed by atoms with Gasteiger partial charge in [0.05, 0.1) is 5.69 Å². The molecule has 0 saturated carbocycles. The summed E-state index contributed by atoms with van der Waals surface area (Å²) in [6.07, 6.45) is -3.95. The second kappa shape index (κ2) is 4.42. The van der Waals surface area contributed by atoms with Gasteiger partial charge in [0.1, 0.15) is 17.7 Å². The molecule has 0 aliphatic carbocycles. The van der Waals surface area contributed by atoms with Crippen molar-refractivity contribution in [1.82, 2.24) is 0 Å². The van der Waals surface area contributed by atoms with E-state index in [9.17, 15) is 18.7 Å². The number of nitrogens with two attached hydrogens (primary N) is 2. The van der Waals surface area contributed by atoms with Crippen LogP contribution in [-0.4, -0.2) is 22.2 Å². The lowest BCUT2D eigenvalue weighted by atomic mass is 10.0. The van der Waals surface area contributed by atoms with E-state index in [4.69, 9.17) is 16.6 Å². The van der Waals surface area contributed by atoms with Crippen molar-refractivity contribution < 1.29 is 23.8 Å². The molecule has 5 nitrogen and oxygen atoms in total. The summed E-state index contributed by atoms with van der Waals surface area (Å²) in [5.41, 5.74) is 8.75. The van der Waals surface area contributed by atoms with Crippen LogP contribution in [0.2, 0.25) is 0 Å². The number of anilines is 1. The molecule has 7 heteroatoms. The van der Waals surface area contributed by atoms with Gasteiger partial charge in [-0.1, -0.05) is 0 Å². The Balaban J connectivity index is 3.13. The molecule has 1 rings (SSSR count). The molecule has 0 fully saturated rings. The van der Waals surface area contributed by atoms with Crippen molar-refractivity contribution in [3.05, 3.63) is 29.3 Å². The van der Waals surface area contributed by atoms with Crippen LogP contribution in [0.4, 0.5) is 14.5 Å². The summed E-state index contributed by atoms with van der Waals surface area (Å²) in [5.74, 6) is -3.25. The van der Waals surface area contributed by atoms with Crippen LogP contribution in [0.15, 0.2) is 12.1 Å². The molecular weight excluding hydrogens is 222 g/mol. The normalized spacial score (nSPS) is 14.5. The van der Waals surface area contributed by atoms with E-state index in [-0.39, 0.29) is 0 Å². The molecule has 0 saturated heterocycles. The van der Waals surface area contributed by atoms with E-state index in [2.05, 4.69) is 0 Å². The number of aliphatic hydroxyl groups is 2. The molecule has 2 atom stereocenters. The molecule has 0 heterocycles. The Morgan fingerprint density at radius 3 is 2.31 bits per heavy atom. The summed E-state index contributed by atoms with van der Waals surface area (Å²) >= 11 is 0. The predicted octanol–water partition coefficient (Wildman–Crippen LogP) is -0.573. The van der Waals surface area contributed by atoms with Crippen LogP contribution in [0, 0.1) is 11.6 Å². The van der Waals surface area contributed by atoms with Gasteiger partial charge < -0.3 is 21.7 Å². The molecule has 2 unspecified atom stereocenters. The molecule has 0 aromatic heterocycles. The summed E-state index contributed by atoms with van der Waals surface area (Å²) in [7, 11) is 0. The van der Waals surface area contributed by atoms with Crippen molar-refractivity contribution in [3.63, 3.8) is 0 Å². The number of hydrogen-bond donors (Lipinski definition) is 4. The first-order valence-electron chi connectivity index (χ1n) is 4.24. The van der Waals surface area contributed by atoms with E-state index in [0.717, 1.165) is 0 Å². The highest BCUT2D eigenvalue weighted by molar-refractivity contribution is 5.79. The highest BCUT2D eigenvalue weighted by Crippen LogP contribution is 2.24. The molecule has 1 aromatic carbocycles. The first-order chi connectivity index (χ1) is 7.34. The van der Waals surface area contributed by atoms with Crippen LogP contribution in [0.5, 0.6) is 0 Å². The van der Waals surface area contributed by atoms with Gasteiger partial charge in [-0.15, -0.1) is 0 Å². The number of carbonyl (C=O) groups is 1. The Bertz CT molecular complexity index is 425. The molecule has 1 amide bonds. The quantitative estimate of drug-likeness (QED) is 0.523. The van der Waals surface area contributed by atoms with Crippen LogP contribution in [0.1, 0.15) is 11.7 Å². The van der Waals surface area contributed by atoms with E-state index < -0.39 is 41.0 Å². The van der Waals surface area contributed by atoms with E-state index in [1.807, 2.05) is 0 Å². The van der Waals surface area contributed by atoms with Gasteiger partial charge in [-0.25, -0.2) is 8.78 Å². The zero-order chi connectivity index (χ0) is 12.5. The Labute approximate surface area is 89.3 Å². The third kappa shape index (κ3) is 2.26. The van der Waals surface area contributed by atoms with Crippen molar-refractivity contribution in [2.45, 2.75) is 12.2 Å². The van der Waals surface area contributed by atoms with E-state index >= 15 is 0 Å². The van der Waals surface area contributed by atoms with Gasteiger partial charge in [-0.2, -0.15) is 0 Å². The summed E-state index contributed by atoms with van der Waals surface area (Å²) in [6, 6.07) is 1.24. The number of nitrogen functional groups attached to an aromatic ring is 1. The highest BCUT2D eigenvalue weighted by Gasteiger charge is 2.26. The molecule has 16 heavy (non-hydrogen) atoms. The van der Waals surface area contributed by atoms with Gasteiger partial charge >= 0.3 is 0 Å². The lowest BCUT2D eigenvalue weighted by Crippen LogP contribution is -2.34. The molecular formula is C9H10F2N2O3. The van der Waals surface area contributed by atoms with Crippen molar-refractivity contribution in [1.29, 1.82) is 0 Å². The number of hydrogen-bond acceptors (Lipinski definition) is 4. The molecule has 0 aliphatic rings. The minimum Gasteiger partial charge on any atom is -0.396 e. The standard InChI is InChI=1S/C9H10F2N2O3/c10-4-2-6(12)5(11)1-3(4)7(14)8(15)9(13)16/h1-2,7-8,14-15H,12H2,(H2,13,16). The molecule has 0 radical (unpaired) electrons.